The van der Waals surface area contributed by atoms with E-state index in [9.17, 15) is 4.79 Å². The number of hydrogen-bond acceptors (Lipinski definition) is 6. The van der Waals surface area contributed by atoms with Crippen LogP contribution in [-0.2, 0) is 11.3 Å². The first kappa shape index (κ1) is 22.5. The number of nitrogens with one attached hydrogen (secondary N) is 1. The number of aromatic nitrogens is 3. The minimum absolute atomic E-state index is 0. The van der Waals surface area contributed by atoms with Gasteiger partial charge in [-0.2, -0.15) is 0 Å². The van der Waals surface area contributed by atoms with Crippen LogP contribution in [0.2, 0.25) is 0 Å². The van der Waals surface area contributed by atoms with Crippen molar-refractivity contribution in [3.05, 3.63) is 41.7 Å². The molecule has 1 aromatic heterocycles. The van der Waals surface area contributed by atoms with Crippen LogP contribution in [0.15, 0.2) is 30.5 Å². The predicted octanol–water partition coefficient (Wildman–Crippen LogP) is 2.45. The van der Waals surface area contributed by atoms with E-state index in [1.807, 2.05) is 33.8 Å². The standard InChI is InChI=1S/C21H29N5O3.ClH/c1-28-18-5-2-4-16(12-18)13-25(14-19-6-3-11-29-19)21(27)20-15-26(24-23-20)17-7-9-22-10-8-17;/h2,4-5,12,15,17,19,22H,3,6-11,13-14H2,1H3;1H. The van der Waals surface area contributed by atoms with Crippen LogP contribution in [0.25, 0.3) is 0 Å². The number of methoxy groups -OCH3 is 1. The molecule has 0 saturated carbocycles. The molecular formula is C21H30ClN5O3. The maximum Gasteiger partial charge on any atom is 0.276 e. The minimum Gasteiger partial charge on any atom is -0.497 e. The number of amides is 1. The van der Waals surface area contributed by atoms with E-state index in [1.54, 1.807) is 13.3 Å². The molecule has 0 aliphatic carbocycles. The molecule has 2 fully saturated rings. The van der Waals surface area contributed by atoms with Gasteiger partial charge in [0.15, 0.2) is 5.69 Å². The van der Waals surface area contributed by atoms with Gasteiger partial charge in [-0.25, -0.2) is 4.68 Å². The molecule has 1 amide bonds. The van der Waals surface area contributed by atoms with Gasteiger partial charge < -0.3 is 19.7 Å². The van der Waals surface area contributed by atoms with Gasteiger partial charge in [0.1, 0.15) is 5.75 Å². The Hall–Kier alpha value is -2.16. The highest BCUT2D eigenvalue weighted by Gasteiger charge is 2.26. The second-order valence-electron chi connectivity index (χ2n) is 7.74. The molecule has 0 spiro atoms. The summed E-state index contributed by atoms with van der Waals surface area (Å²) in [5.74, 6) is 0.673. The van der Waals surface area contributed by atoms with Gasteiger partial charge in [-0.15, -0.1) is 17.5 Å². The molecule has 1 N–H and O–H groups in total. The molecular weight excluding hydrogens is 406 g/mol. The van der Waals surface area contributed by atoms with Crippen LogP contribution in [0.4, 0.5) is 0 Å². The lowest BCUT2D eigenvalue weighted by Crippen LogP contribution is -2.37. The van der Waals surface area contributed by atoms with Crippen molar-refractivity contribution in [3.63, 3.8) is 0 Å². The molecule has 4 rings (SSSR count). The van der Waals surface area contributed by atoms with Crippen molar-refractivity contribution in [1.82, 2.24) is 25.2 Å². The lowest BCUT2D eigenvalue weighted by Gasteiger charge is -2.25. The maximum absolute atomic E-state index is 13.3. The van der Waals surface area contributed by atoms with Crippen molar-refractivity contribution < 1.29 is 14.3 Å². The molecule has 1 unspecified atom stereocenters. The van der Waals surface area contributed by atoms with Crippen molar-refractivity contribution in [2.75, 3.05) is 33.4 Å². The molecule has 1 aromatic carbocycles. The fourth-order valence-corrected chi connectivity index (χ4v) is 4.03. The van der Waals surface area contributed by atoms with Crippen molar-refractivity contribution >= 4 is 18.3 Å². The molecule has 3 heterocycles. The predicted molar refractivity (Wildman–Crippen MR) is 115 cm³/mol. The third-order valence-electron chi connectivity index (χ3n) is 5.66. The molecule has 1 atom stereocenters. The zero-order valence-electron chi connectivity index (χ0n) is 17.3. The van der Waals surface area contributed by atoms with E-state index in [-0.39, 0.29) is 24.4 Å². The fourth-order valence-electron chi connectivity index (χ4n) is 4.03. The summed E-state index contributed by atoms with van der Waals surface area (Å²) >= 11 is 0. The number of nitrogens with zero attached hydrogens (tertiary/aromatic N) is 4. The summed E-state index contributed by atoms with van der Waals surface area (Å²) in [4.78, 5) is 15.1. The molecule has 0 radical (unpaired) electrons. The number of halogens is 1. The average molecular weight is 436 g/mol. The normalized spacial score (nSPS) is 19.3. The van der Waals surface area contributed by atoms with E-state index in [0.29, 0.717) is 24.8 Å². The van der Waals surface area contributed by atoms with Gasteiger partial charge in [-0.1, -0.05) is 17.3 Å². The number of carbonyl (C=O) groups excluding carboxylic acids is 1. The van der Waals surface area contributed by atoms with Crippen molar-refractivity contribution in [1.29, 1.82) is 0 Å². The minimum atomic E-state index is -0.108. The van der Waals surface area contributed by atoms with E-state index in [4.69, 9.17) is 9.47 Å². The lowest BCUT2D eigenvalue weighted by atomic mass is 10.1. The smallest absolute Gasteiger partial charge is 0.276 e. The number of ether oxygens (including phenoxy) is 2. The Morgan fingerprint density at radius 2 is 2.17 bits per heavy atom. The zero-order chi connectivity index (χ0) is 20.1. The number of hydrogen-bond donors (Lipinski definition) is 1. The first-order chi connectivity index (χ1) is 14.2. The Bertz CT molecular complexity index is 818. The summed E-state index contributed by atoms with van der Waals surface area (Å²) < 4.78 is 13.0. The first-order valence-electron chi connectivity index (χ1n) is 10.4. The summed E-state index contributed by atoms with van der Waals surface area (Å²) in [5, 5.41) is 11.8. The quantitative estimate of drug-likeness (QED) is 0.719. The molecule has 30 heavy (non-hydrogen) atoms. The highest BCUT2D eigenvalue weighted by atomic mass is 35.5. The first-order valence-corrected chi connectivity index (χ1v) is 10.4. The van der Waals surface area contributed by atoms with Gasteiger partial charge in [0.2, 0.25) is 0 Å². The topological polar surface area (TPSA) is 81.5 Å². The Labute approximate surface area is 183 Å². The SMILES string of the molecule is COc1cccc(CN(CC2CCCO2)C(=O)c2cn(C3CCNCC3)nn2)c1.Cl. The zero-order valence-corrected chi connectivity index (χ0v) is 18.1. The highest BCUT2D eigenvalue weighted by molar-refractivity contribution is 5.92. The Morgan fingerprint density at radius 3 is 2.90 bits per heavy atom. The van der Waals surface area contributed by atoms with Gasteiger partial charge in [0.25, 0.3) is 5.91 Å². The van der Waals surface area contributed by atoms with E-state index in [2.05, 4.69) is 15.6 Å². The second kappa shape index (κ2) is 10.7. The lowest BCUT2D eigenvalue weighted by molar-refractivity contribution is 0.0502. The summed E-state index contributed by atoms with van der Waals surface area (Å²) in [6, 6.07) is 8.11. The summed E-state index contributed by atoms with van der Waals surface area (Å²) in [6.45, 7) is 3.73. The van der Waals surface area contributed by atoms with Crippen molar-refractivity contribution in [2.24, 2.45) is 0 Å². The Balaban J connectivity index is 0.00000256. The fraction of sp³-hybridized carbons (Fsp3) is 0.571. The van der Waals surface area contributed by atoms with Crippen LogP contribution in [0.1, 0.15) is 47.8 Å². The van der Waals surface area contributed by atoms with E-state index in [0.717, 1.165) is 56.7 Å². The molecule has 2 aliphatic heterocycles. The number of rotatable bonds is 7. The van der Waals surface area contributed by atoms with Crippen molar-refractivity contribution in [2.45, 2.75) is 44.4 Å². The van der Waals surface area contributed by atoms with Crippen LogP contribution in [0.3, 0.4) is 0 Å². The number of carbonyl (C=O) groups is 1. The van der Waals surface area contributed by atoms with Crippen LogP contribution in [-0.4, -0.2) is 65.3 Å². The Kier molecular flexibility index (Phi) is 8.07. The second-order valence-corrected chi connectivity index (χ2v) is 7.74. The molecule has 2 saturated heterocycles. The van der Waals surface area contributed by atoms with Crippen LogP contribution < -0.4 is 10.1 Å². The Morgan fingerprint density at radius 1 is 1.33 bits per heavy atom. The molecule has 2 aromatic rings. The van der Waals surface area contributed by atoms with Gasteiger partial charge in [0, 0.05) is 19.7 Å². The van der Waals surface area contributed by atoms with Gasteiger partial charge >= 0.3 is 0 Å². The molecule has 8 nitrogen and oxygen atoms in total. The van der Waals surface area contributed by atoms with Crippen LogP contribution in [0.5, 0.6) is 5.75 Å². The third-order valence-corrected chi connectivity index (χ3v) is 5.66. The monoisotopic (exact) mass is 435 g/mol. The van der Waals surface area contributed by atoms with Gasteiger partial charge in [0.05, 0.1) is 25.5 Å². The average Bonchev–Trinajstić information content (AvgIpc) is 3.46. The van der Waals surface area contributed by atoms with E-state index >= 15 is 0 Å². The summed E-state index contributed by atoms with van der Waals surface area (Å²) in [7, 11) is 1.65. The molecule has 0 bridgehead atoms. The van der Waals surface area contributed by atoms with Gasteiger partial charge in [-0.3, -0.25) is 4.79 Å². The number of piperidine rings is 1. The molecule has 2 aliphatic rings. The third kappa shape index (κ3) is 5.50. The maximum atomic E-state index is 13.3. The van der Waals surface area contributed by atoms with Crippen LogP contribution in [0, 0.1) is 0 Å². The largest absolute Gasteiger partial charge is 0.497 e. The molecule has 164 valence electrons. The van der Waals surface area contributed by atoms with Gasteiger partial charge in [-0.05, 0) is 56.5 Å². The molecule has 9 heteroatoms. The summed E-state index contributed by atoms with van der Waals surface area (Å²) in [5.41, 5.74) is 1.41. The summed E-state index contributed by atoms with van der Waals surface area (Å²) in [6.07, 6.45) is 5.89. The van der Waals surface area contributed by atoms with Crippen molar-refractivity contribution in [3.8, 4) is 5.75 Å². The number of benzene rings is 1. The van der Waals surface area contributed by atoms with E-state index < -0.39 is 0 Å². The van der Waals surface area contributed by atoms with Crippen LogP contribution >= 0.6 is 12.4 Å². The highest BCUT2D eigenvalue weighted by Crippen LogP contribution is 2.21. The van der Waals surface area contributed by atoms with E-state index in [1.165, 1.54) is 0 Å².